The first-order valence-corrected chi connectivity index (χ1v) is 8.60. The zero-order valence-electron chi connectivity index (χ0n) is 13.1. The molecule has 0 amide bonds. The first kappa shape index (κ1) is 18.0. The highest BCUT2D eigenvalue weighted by Gasteiger charge is 2.18. The maximum atomic E-state index is 13.7. The monoisotopic (exact) mass is 426 g/mol. The van der Waals surface area contributed by atoms with Crippen LogP contribution < -0.4 is 0 Å². The van der Waals surface area contributed by atoms with Gasteiger partial charge in [-0.25, -0.2) is 8.78 Å². The molecule has 4 rings (SSSR count). The maximum absolute atomic E-state index is 13.7. The van der Waals surface area contributed by atoms with Crippen molar-refractivity contribution in [3.63, 3.8) is 0 Å². The van der Waals surface area contributed by atoms with E-state index in [4.69, 9.17) is 43.6 Å². The van der Waals surface area contributed by atoms with Gasteiger partial charge < -0.3 is 8.83 Å². The third-order valence-electron chi connectivity index (χ3n) is 3.69. The van der Waals surface area contributed by atoms with Crippen molar-refractivity contribution in [3.05, 3.63) is 69.2 Å². The van der Waals surface area contributed by atoms with Crippen molar-refractivity contribution in [2.24, 2.45) is 0 Å². The van der Waals surface area contributed by atoms with E-state index in [9.17, 15) is 8.78 Å². The largest absolute Gasteiger partial charge is 0.451 e. The Kier molecular flexibility index (Phi) is 4.63. The van der Waals surface area contributed by atoms with Crippen LogP contribution >= 0.6 is 34.8 Å². The maximum Gasteiger partial charge on any atom is 0.283 e. The molecule has 0 saturated heterocycles. The van der Waals surface area contributed by atoms with Crippen molar-refractivity contribution in [2.45, 2.75) is 0 Å². The van der Waals surface area contributed by atoms with Gasteiger partial charge in [0.25, 0.3) is 5.89 Å². The molecule has 0 aliphatic heterocycles. The van der Waals surface area contributed by atoms with Crippen LogP contribution in [-0.2, 0) is 0 Å². The van der Waals surface area contributed by atoms with Gasteiger partial charge in [0.1, 0.15) is 17.4 Å². The van der Waals surface area contributed by atoms with Crippen molar-refractivity contribution >= 4 is 34.8 Å². The molecule has 4 aromatic rings. The smallest absolute Gasteiger partial charge is 0.283 e. The summed E-state index contributed by atoms with van der Waals surface area (Å²) < 4.78 is 38.2. The third kappa shape index (κ3) is 3.43. The van der Waals surface area contributed by atoms with E-state index >= 15 is 0 Å². The Bertz CT molecular complexity index is 1160. The zero-order chi connectivity index (χ0) is 19.1. The molecular formula is C18H7Cl3F2N2O2. The molecule has 0 fully saturated rings. The minimum absolute atomic E-state index is 0.00773. The lowest BCUT2D eigenvalue weighted by Crippen LogP contribution is -1.84. The molecule has 2 aromatic carbocycles. The van der Waals surface area contributed by atoms with Gasteiger partial charge in [0.05, 0.1) is 20.6 Å². The molecule has 0 spiro atoms. The van der Waals surface area contributed by atoms with Crippen LogP contribution in [0.1, 0.15) is 0 Å². The predicted octanol–water partition coefficient (Wildman–Crippen LogP) is 6.90. The topological polar surface area (TPSA) is 52.1 Å². The van der Waals surface area contributed by atoms with Crippen molar-refractivity contribution in [1.82, 2.24) is 10.2 Å². The van der Waals surface area contributed by atoms with Gasteiger partial charge in [-0.1, -0.05) is 34.8 Å². The number of halogens is 5. The molecule has 0 saturated carbocycles. The Balaban J connectivity index is 1.67. The second kappa shape index (κ2) is 6.96. The first-order valence-electron chi connectivity index (χ1n) is 7.46. The average molecular weight is 428 g/mol. The van der Waals surface area contributed by atoms with Gasteiger partial charge in [0, 0.05) is 5.56 Å². The molecule has 136 valence electrons. The minimum atomic E-state index is -0.663. The van der Waals surface area contributed by atoms with Gasteiger partial charge in [-0.3, -0.25) is 0 Å². The molecule has 2 aromatic heterocycles. The number of furan rings is 1. The van der Waals surface area contributed by atoms with Crippen LogP contribution in [-0.4, -0.2) is 10.2 Å². The van der Waals surface area contributed by atoms with Crippen LogP contribution in [0.5, 0.6) is 0 Å². The van der Waals surface area contributed by atoms with Crippen molar-refractivity contribution < 1.29 is 17.6 Å². The number of benzene rings is 2. The number of nitrogens with zero attached hydrogens (tertiary/aromatic N) is 2. The van der Waals surface area contributed by atoms with Crippen molar-refractivity contribution in [1.29, 1.82) is 0 Å². The third-order valence-corrected chi connectivity index (χ3v) is 4.58. The summed E-state index contributed by atoms with van der Waals surface area (Å²) in [5.74, 6) is -0.411. The lowest BCUT2D eigenvalue weighted by atomic mass is 10.2. The Morgan fingerprint density at radius 2 is 1.37 bits per heavy atom. The number of rotatable bonds is 3. The molecular weight excluding hydrogens is 421 g/mol. The first-order chi connectivity index (χ1) is 12.9. The van der Waals surface area contributed by atoms with Crippen LogP contribution in [0.2, 0.25) is 15.1 Å². The Morgan fingerprint density at radius 1 is 0.667 bits per heavy atom. The molecule has 0 N–H and O–H groups in total. The summed E-state index contributed by atoms with van der Waals surface area (Å²) in [6, 6.07) is 9.82. The van der Waals surface area contributed by atoms with Gasteiger partial charge in [-0.05, 0) is 42.5 Å². The molecule has 0 aliphatic rings. The quantitative estimate of drug-likeness (QED) is 0.334. The average Bonchev–Trinajstić information content (AvgIpc) is 3.29. The van der Waals surface area contributed by atoms with Gasteiger partial charge in [-0.15, -0.1) is 10.2 Å². The van der Waals surface area contributed by atoms with E-state index in [2.05, 4.69) is 10.2 Å². The summed E-state index contributed by atoms with van der Waals surface area (Å²) >= 11 is 17.5. The Labute approximate surface area is 166 Å². The van der Waals surface area contributed by atoms with E-state index in [1.54, 1.807) is 12.1 Å². The van der Waals surface area contributed by atoms with Crippen LogP contribution in [0, 0.1) is 11.6 Å². The highest BCUT2D eigenvalue weighted by atomic mass is 35.5. The molecule has 4 nitrogen and oxygen atoms in total. The van der Waals surface area contributed by atoms with E-state index in [1.165, 1.54) is 24.3 Å². The molecule has 2 heterocycles. The van der Waals surface area contributed by atoms with Gasteiger partial charge in [0.2, 0.25) is 5.89 Å². The zero-order valence-corrected chi connectivity index (χ0v) is 15.4. The molecule has 0 atom stereocenters. The van der Waals surface area contributed by atoms with Crippen LogP contribution in [0.4, 0.5) is 8.78 Å². The molecule has 0 radical (unpaired) electrons. The van der Waals surface area contributed by atoms with E-state index < -0.39 is 11.6 Å². The molecule has 9 heteroatoms. The van der Waals surface area contributed by atoms with Gasteiger partial charge in [0.15, 0.2) is 5.76 Å². The number of hydrogen-bond acceptors (Lipinski definition) is 4. The fourth-order valence-corrected chi connectivity index (χ4v) is 3.02. The second-order valence-corrected chi connectivity index (χ2v) is 6.67. The van der Waals surface area contributed by atoms with Crippen LogP contribution in [0.15, 0.2) is 51.3 Å². The fraction of sp³-hybridized carbons (Fsp3) is 0. The van der Waals surface area contributed by atoms with Crippen LogP contribution in [0.25, 0.3) is 34.4 Å². The lowest BCUT2D eigenvalue weighted by molar-refractivity contribution is 0.529. The summed E-state index contributed by atoms with van der Waals surface area (Å²) in [6.45, 7) is 0. The molecule has 0 aliphatic carbocycles. The molecule has 0 bridgehead atoms. The van der Waals surface area contributed by atoms with Crippen molar-refractivity contribution in [3.8, 4) is 34.4 Å². The second-order valence-electron chi connectivity index (χ2n) is 5.45. The summed E-state index contributed by atoms with van der Waals surface area (Å²) in [5, 5.41) is 7.77. The minimum Gasteiger partial charge on any atom is -0.451 e. The van der Waals surface area contributed by atoms with E-state index in [1.807, 2.05) is 0 Å². The van der Waals surface area contributed by atoms with E-state index in [0.717, 1.165) is 6.07 Å². The SMILES string of the molecule is Fc1ccc(-c2ccc(-c3nnc(-c4cc(F)c(Cl)cc4Cl)o3)o2)cc1Cl. The summed E-state index contributed by atoms with van der Waals surface area (Å²) in [7, 11) is 0. The summed E-state index contributed by atoms with van der Waals surface area (Å²) in [6.07, 6.45) is 0. The van der Waals surface area contributed by atoms with Gasteiger partial charge in [-0.2, -0.15) is 0 Å². The summed E-state index contributed by atoms with van der Waals surface area (Å²) in [5.41, 5.74) is 0.782. The Morgan fingerprint density at radius 3 is 2.15 bits per heavy atom. The number of aromatic nitrogens is 2. The summed E-state index contributed by atoms with van der Waals surface area (Å²) in [4.78, 5) is 0. The highest BCUT2D eigenvalue weighted by Crippen LogP contribution is 2.34. The standard InChI is InChI=1S/C18H7Cl3F2N2O2/c19-10-7-12(21)14(23)6-9(10)17-24-25-18(27-17)16-4-3-15(26-16)8-1-2-13(22)11(20)5-8/h1-7H. The van der Waals surface area contributed by atoms with E-state index in [0.29, 0.717) is 11.3 Å². The predicted molar refractivity (Wildman–Crippen MR) is 97.8 cm³/mol. The van der Waals surface area contributed by atoms with E-state index in [-0.39, 0.29) is 38.2 Å². The van der Waals surface area contributed by atoms with Crippen LogP contribution in [0.3, 0.4) is 0 Å². The highest BCUT2D eigenvalue weighted by molar-refractivity contribution is 6.36. The Hall–Kier alpha value is -2.41. The number of hydrogen-bond donors (Lipinski definition) is 0. The molecule has 0 unspecified atom stereocenters. The van der Waals surface area contributed by atoms with Crippen molar-refractivity contribution in [2.75, 3.05) is 0 Å². The normalized spacial score (nSPS) is 11.1. The van der Waals surface area contributed by atoms with Gasteiger partial charge >= 0.3 is 0 Å². The fourth-order valence-electron chi connectivity index (χ4n) is 2.38. The lowest BCUT2D eigenvalue weighted by Gasteiger charge is -2.01. The molecule has 27 heavy (non-hydrogen) atoms.